The summed E-state index contributed by atoms with van der Waals surface area (Å²) in [6.45, 7) is -0.0705. The van der Waals surface area contributed by atoms with Gasteiger partial charge in [0.05, 0.1) is 12.1 Å². The molecule has 0 saturated carbocycles. The summed E-state index contributed by atoms with van der Waals surface area (Å²) < 4.78 is 39.9. The molecule has 0 unspecified atom stereocenters. The lowest BCUT2D eigenvalue weighted by molar-refractivity contribution is -0.137. The Morgan fingerprint density at radius 2 is 1.71 bits per heavy atom. The van der Waals surface area contributed by atoms with Gasteiger partial charge in [-0.05, 0) is 42.0 Å². The third kappa shape index (κ3) is 4.14. The standard InChI is InChI=1S/C21H17F3N2O2/c1-25(17-9-3-2-4-10-17)19(27)18-11-6-12-26(20(18)28)14-15-7-5-8-16(13-15)21(22,23)24/h2-13H,14H2,1H3. The third-order valence-electron chi connectivity index (χ3n) is 4.31. The number of carbonyl (C=O) groups is 1. The molecule has 0 atom stereocenters. The Labute approximate surface area is 159 Å². The van der Waals surface area contributed by atoms with E-state index < -0.39 is 23.2 Å². The minimum atomic E-state index is -4.46. The first-order valence-corrected chi connectivity index (χ1v) is 8.46. The van der Waals surface area contributed by atoms with Crippen LogP contribution in [0, 0.1) is 0 Å². The van der Waals surface area contributed by atoms with Gasteiger partial charge in [-0.15, -0.1) is 0 Å². The molecule has 0 aliphatic carbocycles. The molecule has 7 heteroatoms. The second-order valence-electron chi connectivity index (χ2n) is 6.25. The monoisotopic (exact) mass is 386 g/mol. The molecule has 1 heterocycles. The van der Waals surface area contributed by atoms with E-state index in [2.05, 4.69) is 0 Å². The molecule has 144 valence electrons. The highest BCUT2D eigenvalue weighted by atomic mass is 19.4. The van der Waals surface area contributed by atoms with Crippen molar-refractivity contribution in [2.75, 3.05) is 11.9 Å². The molecule has 1 amide bonds. The van der Waals surface area contributed by atoms with Crippen molar-refractivity contribution < 1.29 is 18.0 Å². The lowest BCUT2D eigenvalue weighted by Crippen LogP contribution is -2.34. The van der Waals surface area contributed by atoms with E-state index >= 15 is 0 Å². The molecule has 0 spiro atoms. The van der Waals surface area contributed by atoms with Gasteiger partial charge in [-0.1, -0.05) is 30.3 Å². The highest BCUT2D eigenvalue weighted by Crippen LogP contribution is 2.29. The molecule has 0 bridgehead atoms. The number of hydrogen-bond acceptors (Lipinski definition) is 2. The van der Waals surface area contributed by atoms with Crippen molar-refractivity contribution in [3.63, 3.8) is 0 Å². The first-order chi connectivity index (χ1) is 13.3. The molecule has 0 radical (unpaired) electrons. The van der Waals surface area contributed by atoms with Crippen LogP contribution in [0.15, 0.2) is 77.7 Å². The summed E-state index contributed by atoms with van der Waals surface area (Å²) in [5.74, 6) is -0.491. The van der Waals surface area contributed by atoms with Crippen molar-refractivity contribution >= 4 is 11.6 Å². The maximum absolute atomic E-state index is 12.9. The third-order valence-corrected chi connectivity index (χ3v) is 4.31. The van der Waals surface area contributed by atoms with E-state index in [1.54, 1.807) is 31.3 Å². The van der Waals surface area contributed by atoms with Crippen LogP contribution in [0.4, 0.5) is 18.9 Å². The maximum Gasteiger partial charge on any atom is 0.416 e. The molecule has 28 heavy (non-hydrogen) atoms. The Bertz CT molecular complexity index is 1040. The van der Waals surface area contributed by atoms with Crippen molar-refractivity contribution in [2.45, 2.75) is 12.7 Å². The number of pyridine rings is 1. The van der Waals surface area contributed by atoms with Crippen molar-refractivity contribution in [1.29, 1.82) is 0 Å². The molecular formula is C21H17F3N2O2. The summed E-state index contributed by atoms with van der Waals surface area (Å²) in [7, 11) is 1.56. The highest BCUT2D eigenvalue weighted by molar-refractivity contribution is 6.05. The molecule has 3 aromatic rings. The number of aromatic nitrogens is 1. The molecule has 0 fully saturated rings. The zero-order valence-electron chi connectivity index (χ0n) is 15.0. The van der Waals surface area contributed by atoms with E-state index in [-0.39, 0.29) is 12.1 Å². The number of amides is 1. The van der Waals surface area contributed by atoms with Gasteiger partial charge < -0.3 is 9.47 Å². The Morgan fingerprint density at radius 1 is 1.00 bits per heavy atom. The molecule has 0 N–H and O–H groups in total. The first-order valence-electron chi connectivity index (χ1n) is 8.46. The van der Waals surface area contributed by atoms with Crippen LogP contribution in [0.1, 0.15) is 21.5 Å². The number of halogens is 3. The summed E-state index contributed by atoms with van der Waals surface area (Å²) in [6, 6.07) is 16.5. The van der Waals surface area contributed by atoms with Crippen LogP contribution in [0.25, 0.3) is 0 Å². The predicted octanol–water partition coefficient (Wildman–Crippen LogP) is 4.19. The van der Waals surface area contributed by atoms with Crippen molar-refractivity contribution in [2.24, 2.45) is 0 Å². The number of para-hydroxylation sites is 1. The zero-order chi connectivity index (χ0) is 20.3. The zero-order valence-corrected chi connectivity index (χ0v) is 15.0. The normalized spacial score (nSPS) is 11.3. The Balaban J connectivity index is 1.90. The van der Waals surface area contributed by atoms with E-state index in [9.17, 15) is 22.8 Å². The largest absolute Gasteiger partial charge is 0.416 e. The van der Waals surface area contributed by atoms with Gasteiger partial charge in [0.1, 0.15) is 5.56 Å². The number of hydrogen-bond donors (Lipinski definition) is 0. The van der Waals surface area contributed by atoms with Gasteiger partial charge in [-0.3, -0.25) is 9.59 Å². The van der Waals surface area contributed by atoms with Crippen molar-refractivity contribution in [3.05, 3.63) is 100.0 Å². The fourth-order valence-electron chi connectivity index (χ4n) is 2.82. The van der Waals surface area contributed by atoms with Crippen LogP contribution in [0.3, 0.4) is 0 Å². The number of carbonyl (C=O) groups excluding carboxylic acids is 1. The minimum Gasteiger partial charge on any atom is -0.311 e. The van der Waals surface area contributed by atoms with Gasteiger partial charge in [0, 0.05) is 18.9 Å². The predicted molar refractivity (Wildman–Crippen MR) is 100 cm³/mol. The summed E-state index contributed by atoms with van der Waals surface area (Å²) in [5, 5.41) is 0. The van der Waals surface area contributed by atoms with Gasteiger partial charge in [0.2, 0.25) is 0 Å². The lowest BCUT2D eigenvalue weighted by atomic mass is 10.1. The average Bonchev–Trinajstić information content (AvgIpc) is 2.69. The van der Waals surface area contributed by atoms with Gasteiger partial charge in [-0.2, -0.15) is 13.2 Å². The highest BCUT2D eigenvalue weighted by Gasteiger charge is 2.30. The molecule has 0 aliphatic heterocycles. The first kappa shape index (κ1) is 19.4. The van der Waals surface area contributed by atoms with E-state index in [1.165, 1.54) is 39.9 Å². The van der Waals surface area contributed by atoms with Gasteiger partial charge in [0.15, 0.2) is 0 Å². The Morgan fingerprint density at radius 3 is 2.39 bits per heavy atom. The van der Waals surface area contributed by atoms with E-state index in [4.69, 9.17) is 0 Å². The second kappa shape index (κ2) is 7.72. The minimum absolute atomic E-state index is 0.0548. The molecule has 0 aliphatic rings. The number of alkyl halides is 3. The fraction of sp³-hybridized carbons (Fsp3) is 0.143. The Hall–Kier alpha value is -3.35. The van der Waals surface area contributed by atoms with Crippen molar-refractivity contribution in [3.8, 4) is 0 Å². The quantitative estimate of drug-likeness (QED) is 0.675. The fourth-order valence-corrected chi connectivity index (χ4v) is 2.82. The van der Waals surface area contributed by atoms with E-state index in [0.717, 1.165) is 12.1 Å². The molecule has 4 nitrogen and oxygen atoms in total. The van der Waals surface area contributed by atoms with Crippen molar-refractivity contribution in [1.82, 2.24) is 4.57 Å². The van der Waals surface area contributed by atoms with Crippen LogP contribution in [-0.2, 0) is 12.7 Å². The number of rotatable bonds is 4. The topological polar surface area (TPSA) is 42.3 Å². The number of benzene rings is 2. The van der Waals surface area contributed by atoms with Gasteiger partial charge in [0.25, 0.3) is 11.5 Å². The van der Waals surface area contributed by atoms with Crippen LogP contribution >= 0.6 is 0 Å². The molecule has 2 aromatic carbocycles. The van der Waals surface area contributed by atoms with Gasteiger partial charge >= 0.3 is 6.18 Å². The summed E-state index contributed by atoms with van der Waals surface area (Å²) in [5.41, 5.74) is -0.458. The number of anilines is 1. The second-order valence-corrected chi connectivity index (χ2v) is 6.25. The molecule has 3 rings (SSSR count). The summed E-state index contributed by atoms with van der Waals surface area (Å²) >= 11 is 0. The summed E-state index contributed by atoms with van der Waals surface area (Å²) in [4.78, 5) is 26.8. The number of nitrogens with zero attached hydrogens (tertiary/aromatic N) is 2. The maximum atomic E-state index is 12.9. The molecular weight excluding hydrogens is 369 g/mol. The van der Waals surface area contributed by atoms with E-state index in [0.29, 0.717) is 11.3 Å². The molecule has 0 saturated heterocycles. The van der Waals surface area contributed by atoms with Crippen LogP contribution in [0.5, 0.6) is 0 Å². The van der Waals surface area contributed by atoms with Gasteiger partial charge in [-0.25, -0.2) is 0 Å². The lowest BCUT2D eigenvalue weighted by Gasteiger charge is -2.17. The average molecular weight is 386 g/mol. The Kier molecular flexibility index (Phi) is 5.35. The summed E-state index contributed by atoms with van der Waals surface area (Å²) in [6.07, 6.45) is -3.01. The smallest absolute Gasteiger partial charge is 0.311 e. The van der Waals surface area contributed by atoms with Crippen LogP contribution < -0.4 is 10.5 Å². The SMILES string of the molecule is CN(C(=O)c1cccn(Cc2cccc(C(F)(F)F)c2)c1=O)c1ccccc1. The van der Waals surface area contributed by atoms with Crippen LogP contribution in [0.2, 0.25) is 0 Å². The molecule has 1 aromatic heterocycles. The van der Waals surface area contributed by atoms with E-state index in [1.807, 2.05) is 6.07 Å². The van der Waals surface area contributed by atoms with Crippen LogP contribution in [-0.4, -0.2) is 17.5 Å².